The second-order valence-corrected chi connectivity index (χ2v) is 18.9. The summed E-state index contributed by atoms with van der Waals surface area (Å²) in [6.45, 7) is 4.95. The van der Waals surface area contributed by atoms with Crippen LogP contribution in [-0.4, -0.2) is 47.4 Å². The summed E-state index contributed by atoms with van der Waals surface area (Å²) in [5.41, 5.74) is 0. The second-order valence-electron chi connectivity index (χ2n) is 18.9. The van der Waals surface area contributed by atoms with Gasteiger partial charge in [-0.15, -0.1) is 0 Å². The lowest BCUT2D eigenvalue weighted by Crippen LogP contribution is -2.45. The number of carbonyl (C=O) groups excluding carboxylic acids is 2. The molecule has 0 rings (SSSR count). The fraction of sp³-hybridized carbons (Fsp3) is 0.963. The number of rotatable bonds is 51. The van der Waals surface area contributed by atoms with E-state index in [0.29, 0.717) is 25.9 Å². The predicted molar refractivity (Wildman–Crippen MR) is 260 cm³/mol. The number of hydrogen-bond acceptors (Lipinski definition) is 5. The number of aliphatic hydroxyl groups excluding tert-OH is 2. The molecule has 0 aromatic carbocycles. The van der Waals surface area contributed by atoms with Crippen LogP contribution in [0.3, 0.4) is 0 Å². The number of amides is 1. The van der Waals surface area contributed by atoms with Crippen LogP contribution >= 0.6 is 0 Å². The summed E-state index contributed by atoms with van der Waals surface area (Å²) in [4.78, 5) is 24.4. The standard InChI is InChI=1S/C54H107NO5/c1-3-5-7-9-11-13-15-28-32-36-40-44-48-54(59)60-49-45-41-37-33-29-26-24-22-20-18-16-17-19-21-23-25-27-31-35-39-43-47-53(58)55-51(50-56)52(57)46-42-38-34-30-14-12-10-8-6-4-2/h51-52,56-57H,3-50H2,1-2H3,(H,55,58). The minimum absolute atomic E-state index is 0.0131. The molecule has 3 N–H and O–H groups in total. The first-order chi connectivity index (χ1) is 29.5. The lowest BCUT2D eigenvalue weighted by Gasteiger charge is -2.22. The molecule has 6 nitrogen and oxygen atoms in total. The third-order valence-corrected chi connectivity index (χ3v) is 12.9. The van der Waals surface area contributed by atoms with E-state index in [0.717, 1.165) is 38.5 Å². The number of hydrogen-bond donors (Lipinski definition) is 3. The Morgan fingerprint density at radius 3 is 1.02 bits per heavy atom. The van der Waals surface area contributed by atoms with Crippen molar-refractivity contribution in [1.29, 1.82) is 0 Å². The predicted octanol–water partition coefficient (Wildman–Crippen LogP) is 16.4. The molecule has 0 bridgehead atoms. The Hall–Kier alpha value is -1.14. The van der Waals surface area contributed by atoms with Gasteiger partial charge in [0.25, 0.3) is 0 Å². The van der Waals surface area contributed by atoms with E-state index >= 15 is 0 Å². The third kappa shape index (κ3) is 46.4. The SMILES string of the molecule is CCCCCCCCCCCCCCC(=O)OCCCCCCCCCCCCCCCCCCCCCCCC(=O)NC(CO)C(O)CCCCCCCCCCCC. The average molecular weight is 850 g/mol. The summed E-state index contributed by atoms with van der Waals surface area (Å²) in [6, 6.07) is -0.538. The van der Waals surface area contributed by atoms with Crippen molar-refractivity contribution in [1.82, 2.24) is 5.32 Å². The monoisotopic (exact) mass is 850 g/mol. The van der Waals surface area contributed by atoms with Gasteiger partial charge in [-0.1, -0.05) is 271 Å². The Labute approximate surface area is 375 Å². The molecule has 1 amide bonds. The van der Waals surface area contributed by atoms with Gasteiger partial charge in [0.05, 0.1) is 25.4 Å². The van der Waals surface area contributed by atoms with Crippen molar-refractivity contribution >= 4 is 11.9 Å². The molecule has 0 spiro atoms. The van der Waals surface area contributed by atoms with Gasteiger partial charge >= 0.3 is 5.97 Å². The van der Waals surface area contributed by atoms with Crippen molar-refractivity contribution in [3.05, 3.63) is 0 Å². The molecule has 0 saturated heterocycles. The maximum Gasteiger partial charge on any atom is 0.305 e. The zero-order chi connectivity index (χ0) is 43.7. The molecule has 0 saturated carbocycles. The first kappa shape index (κ1) is 58.9. The lowest BCUT2D eigenvalue weighted by atomic mass is 10.0. The number of unbranched alkanes of at least 4 members (excludes halogenated alkanes) is 40. The van der Waals surface area contributed by atoms with E-state index < -0.39 is 12.1 Å². The van der Waals surface area contributed by atoms with Gasteiger partial charge in [-0.25, -0.2) is 0 Å². The number of carbonyl (C=O) groups is 2. The molecule has 0 aliphatic heterocycles. The van der Waals surface area contributed by atoms with Gasteiger partial charge in [0.1, 0.15) is 0 Å². The highest BCUT2D eigenvalue weighted by Crippen LogP contribution is 2.17. The summed E-state index contributed by atoms with van der Waals surface area (Å²) in [5.74, 6) is -0.0232. The van der Waals surface area contributed by atoms with Crippen LogP contribution in [0.1, 0.15) is 309 Å². The zero-order valence-corrected chi connectivity index (χ0v) is 40.7. The summed E-state index contributed by atoms with van der Waals surface area (Å²) >= 11 is 0. The van der Waals surface area contributed by atoms with E-state index in [2.05, 4.69) is 19.2 Å². The minimum atomic E-state index is -0.661. The summed E-state index contributed by atoms with van der Waals surface area (Å²) in [7, 11) is 0. The van der Waals surface area contributed by atoms with Crippen LogP contribution in [0.25, 0.3) is 0 Å². The van der Waals surface area contributed by atoms with Gasteiger partial charge in [-0.2, -0.15) is 0 Å². The molecule has 0 aliphatic carbocycles. The number of esters is 1. The topological polar surface area (TPSA) is 95.9 Å². The van der Waals surface area contributed by atoms with E-state index in [-0.39, 0.29) is 18.5 Å². The normalized spacial score (nSPS) is 12.5. The van der Waals surface area contributed by atoms with Crippen molar-refractivity contribution in [3.63, 3.8) is 0 Å². The molecule has 0 radical (unpaired) electrons. The highest BCUT2D eigenvalue weighted by molar-refractivity contribution is 5.76. The first-order valence-electron chi connectivity index (χ1n) is 27.3. The smallest absolute Gasteiger partial charge is 0.305 e. The third-order valence-electron chi connectivity index (χ3n) is 12.9. The maximum atomic E-state index is 12.4. The van der Waals surface area contributed by atoms with Gasteiger partial charge in [0.15, 0.2) is 0 Å². The molecule has 0 aromatic heterocycles. The quantitative estimate of drug-likeness (QED) is 0.0418. The molecule has 60 heavy (non-hydrogen) atoms. The van der Waals surface area contributed by atoms with Gasteiger partial charge < -0.3 is 20.3 Å². The van der Waals surface area contributed by atoms with Crippen LogP contribution in [-0.2, 0) is 14.3 Å². The lowest BCUT2D eigenvalue weighted by molar-refractivity contribution is -0.143. The van der Waals surface area contributed by atoms with Crippen LogP contribution in [0.15, 0.2) is 0 Å². The molecule has 6 heteroatoms. The average Bonchev–Trinajstić information content (AvgIpc) is 3.25. The van der Waals surface area contributed by atoms with Crippen molar-refractivity contribution in [2.75, 3.05) is 13.2 Å². The summed E-state index contributed by atoms with van der Waals surface area (Å²) < 4.78 is 5.47. The number of nitrogens with one attached hydrogen (secondary N) is 1. The molecular weight excluding hydrogens is 743 g/mol. The molecule has 0 heterocycles. The Morgan fingerprint density at radius 1 is 0.400 bits per heavy atom. The van der Waals surface area contributed by atoms with E-state index in [9.17, 15) is 19.8 Å². The highest BCUT2D eigenvalue weighted by atomic mass is 16.5. The van der Waals surface area contributed by atoms with Crippen LogP contribution in [0.2, 0.25) is 0 Å². The fourth-order valence-corrected chi connectivity index (χ4v) is 8.70. The van der Waals surface area contributed by atoms with E-state index in [1.54, 1.807) is 0 Å². The van der Waals surface area contributed by atoms with Gasteiger partial charge in [0.2, 0.25) is 5.91 Å². The first-order valence-corrected chi connectivity index (χ1v) is 27.3. The largest absolute Gasteiger partial charge is 0.466 e. The van der Waals surface area contributed by atoms with Gasteiger partial charge in [0, 0.05) is 12.8 Å². The molecule has 2 unspecified atom stereocenters. The minimum Gasteiger partial charge on any atom is -0.466 e. The Kier molecular flexibility index (Phi) is 49.5. The Morgan fingerprint density at radius 2 is 0.683 bits per heavy atom. The maximum absolute atomic E-state index is 12.4. The Bertz CT molecular complexity index is 852. The molecule has 358 valence electrons. The van der Waals surface area contributed by atoms with E-state index in [1.807, 2.05) is 0 Å². The van der Waals surface area contributed by atoms with E-state index in [1.165, 1.54) is 238 Å². The molecule has 0 aromatic rings. The van der Waals surface area contributed by atoms with Gasteiger partial charge in [-0.3, -0.25) is 9.59 Å². The second kappa shape index (κ2) is 50.5. The van der Waals surface area contributed by atoms with Crippen LogP contribution in [0.4, 0.5) is 0 Å². The molecule has 0 aliphatic rings. The van der Waals surface area contributed by atoms with Gasteiger partial charge in [-0.05, 0) is 25.7 Å². The molecule has 0 fully saturated rings. The number of aliphatic hydroxyl groups is 2. The van der Waals surface area contributed by atoms with Crippen LogP contribution in [0.5, 0.6) is 0 Å². The van der Waals surface area contributed by atoms with Crippen molar-refractivity contribution in [2.24, 2.45) is 0 Å². The highest BCUT2D eigenvalue weighted by Gasteiger charge is 2.20. The zero-order valence-electron chi connectivity index (χ0n) is 40.7. The van der Waals surface area contributed by atoms with Crippen LogP contribution < -0.4 is 5.32 Å². The Balaban J connectivity index is 3.35. The molecular formula is C54H107NO5. The van der Waals surface area contributed by atoms with Crippen molar-refractivity contribution in [2.45, 2.75) is 321 Å². The molecule has 2 atom stereocenters. The van der Waals surface area contributed by atoms with Crippen molar-refractivity contribution < 1.29 is 24.5 Å². The van der Waals surface area contributed by atoms with E-state index in [4.69, 9.17) is 4.74 Å². The number of ether oxygens (including phenoxy) is 1. The van der Waals surface area contributed by atoms with Crippen LogP contribution in [0, 0.1) is 0 Å². The van der Waals surface area contributed by atoms with Crippen molar-refractivity contribution in [3.8, 4) is 0 Å². The summed E-state index contributed by atoms with van der Waals surface area (Å²) in [5, 5.41) is 23.1. The summed E-state index contributed by atoms with van der Waals surface area (Å²) in [6.07, 6.45) is 56.6. The fourth-order valence-electron chi connectivity index (χ4n) is 8.70.